The maximum atomic E-state index is 10.6. The Kier molecular flexibility index (Phi) is 4.39. The molecule has 0 saturated heterocycles. The summed E-state index contributed by atoms with van der Waals surface area (Å²) in [6.07, 6.45) is 0.773. The first-order valence-corrected chi connectivity index (χ1v) is 5.25. The molecule has 3 nitrogen and oxygen atoms in total. The van der Waals surface area contributed by atoms with E-state index in [1.54, 1.807) is 18.2 Å². The molecule has 1 aromatic rings. The average Bonchev–Trinajstić information content (AvgIpc) is 2.18. The molecule has 1 unspecified atom stereocenters. The summed E-state index contributed by atoms with van der Waals surface area (Å²) < 4.78 is 0. The minimum Gasteiger partial charge on any atom is -0.370 e. The average molecular weight is 247 g/mol. The van der Waals surface area contributed by atoms with Crippen molar-refractivity contribution in [1.29, 1.82) is 0 Å². The standard InChI is InChI=1S/C10H12Cl2N2O/c11-7-2-1-6(5-8(7)12)9(13)3-4-10(14)15/h1-2,5,9H,3-4,13H2,(H2,14,15). The Labute approximate surface area is 98.3 Å². The molecular weight excluding hydrogens is 235 g/mol. The van der Waals surface area contributed by atoms with Gasteiger partial charge in [-0.05, 0) is 24.1 Å². The first-order valence-electron chi connectivity index (χ1n) is 4.49. The quantitative estimate of drug-likeness (QED) is 0.856. The number of amides is 1. The van der Waals surface area contributed by atoms with Gasteiger partial charge in [0.1, 0.15) is 0 Å². The minimum absolute atomic E-state index is 0.243. The van der Waals surface area contributed by atoms with Crippen LogP contribution < -0.4 is 11.5 Å². The highest BCUT2D eigenvalue weighted by Gasteiger charge is 2.09. The third-order valence-electron chi connectivity index (χ3n) is 2.07. The Morgan fingerprint density at radius 3 is 2.53 bits per heavy atom. The lowest BCUT2D eigenvalue weighted by Crippen LogP contribution is -2.16. The highest BCUT2D eigenvalue weighted by molar-refractivity contribution is 6.42. The molecule has 0 aliphatic rings. The lowest BCUT2D eigenvalue weighted by molar-refractivity contribution is -0.118. The Morgan fingerprint density at radius 2 is 2.00 bits per heavy atom. The number of nitrogens with two attached hydrogens (primary N) is 2. The summed E-state index contributed by atoms with van der Waals surface area (Å²) in [6, 6.07) is 4.94. The fraction of sp³-hybridized carbons (Fsp3) is 0.300. The zero-order valence-corrected chi connectivity index (χ0v) is 9.55. The molecule has 0 radical (unpaired) electrons. The molecule has 5 heteroatoms. The van der Waals surface area contributed by atoms with Gasteiger partial charge in [0, 0.05) is 12.5 Å². The van der Waals surface area contributed by atoms with Crippen LogP contribution in [0.2, 0.25) is 10.0 Å². The van der Waals surface area contributed by atoms with Gasteiger partial charge < -0.3 is 11.5 Å². The first-order chi connectivity index (χ1) is 7.00. The van der Waals surface area contributed by atoms with Crippen LogP contribution in [-0.2, 0) is 4.79 Å². The topological polar surface area (TPSA) is 69.1 Å². The molecular formula is C10H12Cl2N2O. The second-order valence-corrected chi connectivity index (χ2v) is 4.10. The number of rotatable bonds is 4. The first kappa shape index (κ1) is 12.3. The van der Waals surface area contributed by atoms with Gasteiger partial charge in [-0.25, -0.2) is 0 Å². The lowest BCUT2D eigenvalue weighted by Gasteiger charge is -2.11. The van der Waals surface area contributed by atoms with E-state index in [1.165, 1.54) is 0 Å². The van der Waals surface area contributed by atoms with Crippen molar-refractivity contribution < 1.29 is 4.79 Å². The molecule has 1 atom stereocenters. The molecule has 82 valence electrons. The summed E-state index contributed by atoms with van der Waals surface area (Å²) in [5.74, 6) is -0.356. The van der Waals surface area contributed by atoms with Crippen molar-refractivity contribution in [2.75, 3.05) is 0 Å². The summed E-state index contributed by atoms with van der Waals surface area (Å²) in [6.45, 7) is 0. The fourth-order valence-electron chi connectivity index (χ4n) is 1.21. The maximum Gasteiger partial charge on any atom is 0.217 e. The SMILES string of the molecule is NC(=O)CCC(N)c1ccc(Cl)c(Cl)c1. The van der Waals surface area contributed by atoms with Gasteiger partial charge in [0.15, 0.2) is 0 Å². The number of hydrogen-bond donors (Lipinski definition) is 2. The number of hydrogen-bond acceptors (Lipinski definition) is 2. The molecule has 1 rings (SSSR count). The fourth-order valence-corrected chi connectivity index (χ4v) is 1.51. The summed E-state index contributed by atoms with van der Waals surface area (Å²) >= 11 is 11.6. The largest absolute Gasteiger partial charge is 0.370 e. The molecule has 0 heterocycles. The van der Waals surface area contributed by atoms with Crippen LogP contribution in [0.4, 0.5) is 0 Å². The van der Waals surface area contributed by atoms with Gasteiger partial charge in [-0.15, -0.1) is 0 Å². The van der Waals surface area contributed by atoms with Crippen molar-refractivity contribution in [2.45, 2.75) is 18.9 Å². The van der Waals surface area contributed by atoms with Crippen molar-refractivity contribution in [2.24, 2.45) is 11.5 Å². The molecule has 15 heavy (non-hydrogen) atoms. The smallest absolute Gasteiger partial charge is 0.217 e. The van der Waals surface area contributed by atoms with Crippen molar-refractivity contribution >= 4 is 29.1 Å². The van der Waals surface area contributed by atoms with Gasteiger partial charge in [0.05, 0.1) is 10.0 Å². The van der Waals surface area contributed by atoms with E-state index in [1.807, 2.05) is 0 Å². The summed E-state index contributed by atoms with van der Waals surface area (Å²) in [4.78, 5) is 10.6. The lowest BCUT2D eigenvalue weighted by atomic mass is 10.0. The molecule has 1 aromatic carbocycles. The normalized spacial score (nSPS) is 12.5. The van der Waals surface area contributed by atoms with E-state index in [0.29, 0.717) is 16.5 Å². The Morgan fingerprint density at radius 1 is 1.33 bits per heavy atom. The van der Waals surface area contributed by atoms with Crippen LogP contribution in [0, 0.1) is 0 Å². The molecule has 0 aliphatic heterocycles. The highest BCUT2D eigenvalue weighted by Crippen LogP contribution is 2.26. The van der Waals surface area contributed by atoms with Crippen LogP contribution in [0.5, 0.6) is 0 Å². The van der Waals surface area contributed by atoms with Crippen LogP contribution in [-0.4, -0.2) is 5.91 Å². The molecule has 0 aliphatic carbocycles. The maximum absolute atomic E-state index is 10.6. The van der Waals surface area contributed by atoms with Crippen LogP contribution >= 0.6 is 23.2 Å². The summed E-state index contributed by atoms with van der Waals surface area (Å²) in [5, 5.41) is 0.950. The molecule has 0 spiro atoms. The van der Waals surface area contributed by atoms with Crippen LogP contribution in [0.3, 0.4) is 0 Å². The third-order valence-corrected chi connectivity index (χ3v) is 2.81. The molecule has 0 fully saturated rings. The van der Waals surface area contributed by atoms with E-state index in [2.05, 4.69) is 0 Å². The predicted molar refractivity (Wildman–Crippen MR) is 61.8 cm³/mol. The second kappa shape index (κ2) is 5.35. The Bertz CT molecular complexity index is 368. The number of carbonyl (C=O) groups is 1. The van der Waals surface area contributed by atoms with Crippen LogP contribution in [0.25, 0.3) is 0 Å². The van der Waals surface area contributed by atoms with Crippen LogP contribution in [0.15, 0.2) is 18.2 Å². The van der Waals surface area contributed by atoms with Gasteiger partial charge in [0.25, 0.3) is 0 Å². The van der Waals surface area contributed by atoms with Gasteiger partial charge >= 0.3 is 0 Å². The molecule has 0 aromatic heterocycles. The van der Waals surface area contributed by atoms with E-state index >= 15 is 0 Å². The number of halogens is 2. The number of carbonyl (C=O) groups excluding carboxylic acids is 1. The highest BCUT2D eigenvalue weighted by atomic mass is 35.5. The van der Waals surface area contributed by atoms with Crippen molar-refractivity contribution in [3.8, 4) is 0 Å². The Hall–Kier alpha value is -0.770. The van der Waals surface area contributed by atoms with Crippen molar-refractivity contribution in [1.82, 2.24) is 0 Å². The molecule has 0 bridgehead atoms. The number of primary amides is 1. The third kappa shape index (κ3) is 3.70. The molecule has 1 amide bonds. The van der Waals surface area contributed by atoms with Crippen molar-refractivity contribution in [3.05, 3.63) is 33.8 Å². The van der Waals surface area contributed by atoms with E-state index in [9.17, 15) is 4.79 Å². The molecule has 0 saturated carbocycles. The monoisotopic (exact) mass is 246 g/mol. The van der Waals surface area contributed by atoms with Crippen molar-refractivity contribution in [3.63, 3.8) is 0 Å². The second-order valence-electron chi connectivity index (χ2n) is 3.29. The number of benzene rings is 1. The van der Waals surface area contributed by atoms with E-state index in [0.717, 1.165) is 5.56 Å². The van der Waals surface area contributed by atoms with Crippen LogP contribution in [0.1, 0.15) is 24.4 Å². The summed E-state index contributed by atoms with van der Waals surface area (Å²) in [7, 11) is 0. The Balaban J connectivity index is 2.69. The zero-order chi connectivity index (χ0) is 11.4. The van der Waals surface area contributed by atoms with E-state index in [4.69, 9.17) is 34.7 Å². The zero-order valence-electron chi connectivity index (χ0n) is 8.04. The predicted octanol–water partition coefficient (Wildman–Crippen LogP) is 2.26. The summed E-state index contributed by atoms with van der Waals surface area (Å²) in [5.41, 5.74) is 11.7. The van der Waals surface area contributed by atoms with Gasteiger partial charge in [-0.2, -0.15) is 0 Å². The molecule has 4 N–H and O–H groups in total. The van der Waals surface area contributed by atoms with Gasteiger partial charge in [-0.1, -0.05) is 29.3 Å². The van der Waals surface area contributed by atoms with E-state index < -0.39 is 0 Å². The van der Waals surface area contributed by atoms with Gasteiger partial charge in [-0.3, -0.25) is 4.79 Å². The van der Waals surface area contributed by atoms with E-state index in [-0.39, 0.29) is 18.4 Å². The van der Waals surface area contributed by atoms with Gasteiger partial charge in [0.2, 0.25) is 5.91 Å². The minimum atomic E-state index is -0.356.